The van der Waals surface area contributed by atoms with Crippen molar-refractivity contribution in [3.8, 4) is 6.07 Å². The molecule has 2 aromatic carbocycles. The van der Waals surface area contributed by atoms with Crippen molar-refractivity contribution in [2.75, 3.05) is 11.4 Å². The smallest absolute Gasteiger partial charge is 0.227 e. The molecule has 0 radical (unpaired) electrons. The third-order valence-corrected chi connectivity index (χ3v) is 4.84. The molecule has 1 heterocycles. The van der Waals surface area contributed by atoms with Crippen molar-refractivity contribution < 1.29 is 18.4 Å². The van der Waals surface area contributed by atoms with Crippen LogP contribution in [0.5, 0.6) is 0 Å². The minimum absolute atomic E-state index is 0.00537. The Morgan fingerprint density at radius 1 is 1.29 bits per heavy atom. The second-order valence-electron chi connectivity index (χ2n) is 6.66. The van der Waals surface area contributed by atoms with Crippen LogP contribution in [0.4, 0.5) is 14.5 Å². The number of hydrogen-bond acceptors (Lipinski definition) is 3. The standard InChI is InChI=1S/C21H19F2N3O2/c1-2-13-3-6-16(7-4-13)26-12-14(9-20(26)27)21(28)25-19(11-24)17-8-5-15(22)10-18(17)23/h3-8,10,14,19H,2,9,12H2,1H3,(H,25,28). The van der Waals surface area contributed by atoms with Crippen molar-refractivity contribution in [1.29, 1.82) is 5.26 Å². The second-order valence-corrected chi connectivity index (χ2v) is 6.66. The van der Waals surface area contributed by atoms with Gasteiger partial charge in [-0.05, 0) is 30.2 Å². The minimum atomic E-state index is -1.26. The molecule has 0 bridgehead atoms. The summed E-state index contributed by atoms with van der Waals surface area (Å²) < 4.78 is 27.0. The predicted molar refractivity (Wildman–Crippen MR) is 99.1 cm³/mol. The van der Waals surface area contributed by atoms with Crippen LogP contribution in [0.15, 0.2) is 42.5 Å². The molecule has 5 nitrogen and oxygen atoms in total. The molecule has 1 fully saturated rings. The topological polar surface area (TPSA) is 73.2 Å². The molecule has 2 unspecified atom stereocenters. The zero-order chi connectivity index (χ0) is 20.3. The van der Waals surface area contributed by atoms with Crippen LogP contribution in [-0.2, 0) is 16.0 Å². The summed E-state index contributed by atoms with van der Waals surface area (Å²) in [5.41, 5.74) is 1.73. The van der Waals surface area contributed by atoms with Crippen LogP contribution in [0.25, 0.3) is 0 Å². The van der Waals surface area contributed by atoms with E-state index in [2.05, 4.69) is 5.32 Å². The summed E-state index contributed by atoms with van der Waals surface area (Å²) in [6, 6.07) is 10.9. The number of rotatable bonds is 5. The normalized spacial score (nSPS) is 17.3. The van der Waals surface area contributed by atoms with E-state index in [1.807, 2.05) is 31.2 Å². The molecule has 2 atom stereocenters. The Morgan fingerprint density at radius 2 is 2.00 bits per heavy atom. The maximum absolute atomic E-state index is 13.9. The zero-order valence-corrected chi connectivity index (χ0v) is 15.3. The van der Waals surface area contributed by atoms with Gasteiger partial charge >= 0.3 is 0 Å². The van der Waals surface area contributed by atoms with E-state index >= 15 is 0 Å². The van der Waals surface area contributed by atoms with Gasteiger partial charge in [-0.3, -0.25) is 9.59 Å². The number of anilines is 1. The summed E-state index contributed by atoms with van der Waals surface area (Å²) in [6.07, 6.45) is 0.889. The van der Waals surface area contributed by atoms with Crippen molar-refractivity contribution in [2.45, 2.75) is 25.8 Å². The number of hydrogen-bond donors (Lipinski definition) is 1. The van der Waals surface area contributed by atoms with Crippen LogP contribution in [0.2, 0.25) is 0 Å². The SMILES string of the molecule is CCc1ccc(N2CC(C(=O)NC(C#N)c3ccc(F)cc3F)CC2=O)cc1. The van der Waals surface area contributed by atoms with Gasteiger partial charge in [0.25, 0.3) is 0 Å². The molecule has 1 saturated heterocycles. The quantitative estimate of drug-likeness (QED) is 0.861. The molecule has 144 valence electrons. The Kier molecular flexibility index (Phi) is 5.69. The van der Waals surface area contributed by atoms with Crippen LogP contribution in [0.1, 0.15) is 30.5 Å². The van der Waals surface area contributed by atoms with Crippen molar-refractivity contribution in [2.24, 2.45) is 5.92 Å². The first kappa shape index (κ1) is 19.5. The van der Waals surface area contributed by atoms with Gasteiger partial charge in [-0.2, -0.15) is 5.26 Å². The van der Waals surface area contributed by atoms with Gasteiger partial charge in [0.15, 0.2) is 0 Å². The van der Waals surface area contributed by atoms with Gasteiger partial charge in [0.2, 0.25) is 11.8 Å². The highest BCUT2D eigenvalue weighted by Gasteiger charge is 2.36. The number of aryl methyl sites for hydroxylation is 1. The first-order chi connectivity index (χ1) is 13.4. The lowest BCUT2D eigenvalue weighted by molar-refractivity contribution is -0.126. The van der Waals surface area contributed by atoms with Gasteiger partial charge in [0.05, 0.1) is 12.0 Å². The van der Waals surface area contributed by atoms with Gasteiger partial charge in [-0.1, -0.05) is 25.1 Å². The molecule has 2 aromatic rings. The fourth-order valence-electron chi connectivity index (χ4n) is 3.22. The molecule has 2 amide bonds. The van der Waals surface area contributed by atoms with E-state index in [0.717, 1.165) is 24.1 Å². The molecule has 7 heteroatoms. The average molecular weight is 383 g/mol. The molecule has 1 aliphatic rings. The summed E-state index contributed by atoms with van der Waals surface area (Å²) >= 11 is 0. The maximum atomic E-state index is 13.9. The maximum Gasteiger partial charge on any atom is 0.227 e. The summed E-state index contributed by atoms with van der Waals surface area (Å²) in [5.74, 6) is -3.04. The van der Waals surface area contributed by atoms with E-state index in [1.54, 1.807) is 6.07 Å². The van der Waals surface area contributed by atoms with Crippen LogP contribution >= 0.6 is 0 Å². The fraction of sp³-hybridized carbons (Fsp3) is 0.286. The number of nitriles is 1. The number of carbonyl (C=O) groups is 2. The lowest BCUT2D eigenvalue weighted by Gasteiger charge is -2.18. The van der Waals surface area contributed by atoms with Gasteiger partial charge in [0.1, 0.15) is 17.7 Å². The summed E-state index contributed by atoms with van der Waals surface area (Å²) in [7, 11) is 0. The Labute approximate surface area is 161 Å². The number of halogens is 2. The van der Waals surface area contributed by atoms with Crippen LogP contribution in [0, 0.1) is 28.9 Å². The number of carbonyl (C=O) groups excluding carboxylic acids is 2. The Morgan fingerprint density at radius 3 is 2.61 bits per heavy atom. The van der Waals surface area contributed by atoms with Gasteiger partial charge in [0, 0.05) is 30.3 Å². The van der Waals surface area contributed by atoms with Crippen molar-refractivity contribution in [3.63, 3.8) is 0 Å². The summed E-state index contributed by atoms with van der Waals surface area (Å²) in [5, 5.41) is 11.7. The number of nitrogens with one attached hydrogen (secondary N) is 1. The molecule has 0 aromatic heterocycles. The minimum Gasteiger partial charge on any atom is -0.336 e. The number of nitrogens with zero attached hydrogens (tertiary/aromatic N) is 2. The van der Waals surface area contributed by atoms with Gasteiger partial charge in [-0.25, -0.2) is 8.78 Å². The Hall–Kier alpha value is -3.27. The van der Waals surface area contributed by atoms with E-state index in [4.69, 9.17) is 0 Å². The molecule has 0 spiro atoms. The van der Waals surface area contributed by atoms with Crippen molar-refractivity contribution in [1.82, 2.24) is 5.32 Å². The Bertz CT molecular complexity index is 938. The zero-order valence-electron chi connectivity index (χ0n) is 15.3. The molecule has 28 heavy (non-hydrogen) atoms. The highest BCUT2D eigenvalue weighted by Crippen LogP contribution is 2.26. The van der Waals surface area contributed by atoms with Crippen LogP contribution in [0.3, 0.4) is 0 Å². The fourth-order valence-corrected chi connectivity index (χ4v) is 3.22. The largest absolute Gasteiger partial charge is 0.336 e. The number of amides is 2. The van der Waals surface area contributed by atoms with E-state index in [-0.39, 0.29) is 24.4 Å². The first-order valence-corrected chi connectivity index (χ1v) is 8.97. The van der Waals surface area contributed by atoms with Crippen molar-refractivity contribution >= 4 is 17.5 Å². The monoisotopic (exact) mass is 383 g/mol. The lowest BCUT2D eigenvalue weighted by Crippen LogP contribution is -2.35. The summed E-state index contributed by atoms with van der Waals surface area (Å²) in [4.78, 5) is 26.4. The second kappa shape index (κ2) is 8.17. The van der Waals surface area contributed by atoms with E-state index < -0.39 is 29.5 Å². The number of benzene rings is 2. The molecule has 1 aliphatic heterocycles. The molecule has 0 saturated carbocycles. The summed E-state index contributed by atoms with van der Waals surface area (Å²) in [6.45, 7) is 2.21. The lowest BCUT2D eigenvalue weighted by atomic mass is 10.0. The third-order valence-electron chi connectivity index (χ3n) is 4.84. The van der Waals surface area contributed by atoms with E-state index in [0.29, 0.717) is 11.8 Å². The Balaban J connectivity index is 1.70. The molecule has 3 rings (SSSR count). The van der Waals surface area contributed by atoms with Crippen LogP contribution in [-0.4, -0.2) is 18.4 Å². The van der Waals surface area contributed by atoms with Gasteiger partial charge < -0.3 is 10.2 Å². The average Bonchev–Trinajstić information content (AvgIpc) is 3.08. The first-order valence-electron chi connectivity index (χ1n) is 8.97. The van der Waals surface area contributed by atoms with E-state index in [9.17, 15) is 23.6 Å². The molecule has 1 N–H and O–H groups in total. The molecule has 0 aliphatic carbocycles. The molecular formula is C21H19F2N3O2. The van der Waals surface area contributed by atoms with Crippen molar-refractivity contribution in [3.05, 3.63) is 65.2 Å². The van der Waals surface area contributed by atoms with Crippen LogP contribution < -0.4 is 10.2 Å². The third kappa shape index (κ3) is 4.01. The van der Waals surface area contributed by atoms with E-state index in [1.165, 1.54) is 4.90 Å². The molecular weight excluding hydrogens is 364 g/mol. The highest BCUT2D eigenvalue weighted by atomic mass is 19.1. The predicted octanol–water partition coefficient (Wildman–Crippen LogP) is 3.26. The highest BCUT2D eigenvalue weighted by molar-refractivity contribution is 6.00. The van der Waals surface area contributed by atoms with Gasteiger partial charge in [-0.15, -0.1) is 0 Å².